The molecule has 3 N–H and O–H groups in total. The monoisotopic (exact) mass is 237 g/mol. The summed E-state index contributed by atoms with van der Waals surface area (Å²) in [4.78, 5) is 18.1. The van der Waals surface area contributed by atoms with Gasteiger partial charge >= 0.3 is 5.97 Å². The fourth-order valence-corrected chi connectivity index (χ4v) is 1.52. The van der Waals surface area contributed by atoms with Crippen molar-refractivity contribution in [1.82, 2.24) is 9.97 Å². The molecule has 0 unspecified atom stereocenters. The number of carboxylic acids is 1. The first kappa shape index (κ1) is 12.1. The van der Waals surface area contributed by atoms with Gasteiger partial charge in [-0.05, 0) is 19.1 Å². The predicted molar refractivity (Wildman–Crippen MR) is 62.5 cm³/mol. The van der Waals surface area contributed by atoms with Gasteiger partial charge in [0.2, 0.25) is 0 Å². The predicted octanol–water partition coefficient (Wildman–Crippen LogP) is 1.81. The lowest BCUT2D eigenvalue weighted by Gasteiger charge is -1.84. The molecule has 0 aliphatic rings. The first-order valence-corrected chi connectivity index (χ1v) is 5.29. The van der Waals surface area contributed by atoms with Crippen LogP contribution in [0.5, 0.6) is 0 Å². The van der Waals surface area contributed by atoms with E-state index in [1.165, 1.54) is 5.51 Å². The summed E-state index contributed by atoms with van der Waals surface area (Å²) in [5.41, 5.74) is 7.36. The maximum atomic E-state index is 10.3. The molecule has 16 heavy (non-hydrogen) atoms. The van der Waals surface area contributed by atoms with E-state index in [-0.39, 0.29) is 0 Å². The lowest BCUT2D eigenvalue weighted by Crippen LogP contribution is -1.94. The van der Waals surface area contributed by atoms with Crippen molar-refractivity contribution in [3.63, 3.8) is 0 Å². The van der Waals surface area contributed by atoms with Crippen LogP contribution < -0.4 is 5.73 Å². The van der Waals surface area contributed by atoms with Crippen molar-refractivity contribution in [2.45, 2.75) is 6.92 Å². The highest BCUT2D eigenvalue weighted by Gasteiger charge is 2.07. The number of nitrogen functional groups attached to an aromatic ring is 1. The molecule has 0 saturated carbocycles. The minimum atomic E-state index is -0.894. The molecule has 0 spiro atoms. The van der Waals surface area contributed by atoms with Crippen LogP contribution >= 0.6 is 11.3 Å². The number of aromatic nitrogens is 2. The number of nitrogens with zero attached hydrogens (tertiary/aromatic N) is 2. The van der Waals surface area contributed by atoms with E-state index < -0.39 is 5.97 Å². The smallest absolute Gasteiger partial charge is 0.347 e. The lowest BCUT2D eigenvalue weighted by molar-refractivity contribution is 0.0701. The third-order valence-corrected chi connectivity index (χ3v) is 2.54. The lowest BCUT2D eigenvalue weighted by atomic mass is 10.4. The van der Waals surface area contributed by atoms with Crippen LogP contribution in [0.3, 0.4) is 0 Å². The minimum absolute atomic E-state index is 0.329. The second kappa shape index (κ2) is 5.82. The van der Waals surface area contributed by atoms with E-state index in [1.54, 1.807) is 19.2 Å². The van der Waals surface area contributed by atoms with Gasteiger partial charge in [-0.25, -0.2) is 14.8 Å². The van der Waals surface area contributed by atoms with Crippen molar-refractivity contribution < 1.29 is 9.90 Å². The molecular formula is C10H11N3O2S. The Balaban J connectivity index is 0.000000165. The van der Waals surface area contributed by atoms with E-state index in [4.69, 9.17) is 10.8 Å². The van der Waals surface area contributed by atoms with Gasteiger partial charge < -0.3 is 10.8 Å². The number of rotatable bonds is 1. The van der Waals surface area contributed by atoms with E-state index in [9.17, 15) is 4.79 Å². The van der Waals surface area contributed by atoms with E-state index in [1.807, 2.05) is 12.1 Å². The number of aryl methyl sites for hydroxylation is 1. The normalized spacial score (nSPS) is 9.06. The highest BCUT2D eigenvalue weighted by Crippen LogP contribution is 2.10. The van der Waals surface area contributed by atoms with Gasteiger partial charge in [0.05, 0.1) is 11.2 Å². The summed E-state index contributed by atoms with van der Waals surface area (Å²) in [6.45, 7) is 1.68. The molecule has 0 aliphatic carbocycles. The van der Waals surface area contributed by atoms with Gasteiger partial charge in [-0.1, -0.05) is 6.07 Å². The Morgan fingerprint density at radius 1 is 1.44 bits per heavy atom. The van der Waals surface area contributed by atoms with Crippen molar-refractivity contribution >= 4 is 23.1 Å². The van der Waals surface area contributed by atoms with Crippen molar-refractivity contribution in [3.05, 3.63) is 40.5 Å². The van der Waals surface area contributed by atoms with Gasteiger partial charge in [0, 0.05) is 6.20 Å². The van der Waals surface area contributed by atoms with Crippen LogP contribution in [0.25, 0.3) is 0 Å². The summed E-state index contributed by atoms with van der Waals surface area (Å²) in [5.74, 6) is -0.322. The highest BCUT2D eigenvalue weighted by molar-refractivity contribution is 7.11. The van der Waals surface area contributed by atoms with Gasteiger partial charge in [-0.15, -0.1) is 11.3 Å². The third kappa shape index (κ3) is 3.66. The fourth-order valence-electron chi connectivity index (χ4n) is 0.883. The molecule has 0 radical (unpaired) electrons. The van der Waals surface area contributed by atoms with E-state index in [0.29, 0.717) is 16.4 Å². The Bertz CT molecular complexity index is 456. The number of aromatic carboxylic acids is 1. The van der Waals surface area contributed by atoms with Crippen molar-refractivity contribution in [2.24, 2.45) is 0 Å². The van der Waals surface area contributed by atoms with Crippen LogP contribution in [0.1, 0.15) is 15.4 Å². The number of thiazole rings is 1. The molecule has 6 heteroatoms. The zero-order valence-electron chi connectivity index (χ0n) is 8.62. The van der Waals surface area contributed by atoms with Crippen LogP contribution in [0.15, 0.2) is 29.9 Å². The van der Waals surface area contributed by atoms with Gasteiger partial charge in [-0.3, -0.25) is 0 Å². The minimum Gasteiger partial charge on any atom is -0.477 e. The van der Waals surface area contributed by atoms with Crippen molar-refractivity contribution in [1.29, 1.82) is 0 Å². The van der Waals surface area contributed by atoms with Crippen molar-refractivity contribution in [2.75, 3.05) is 5.73 Å². The third-order valence-electron chi connectivity index (χ3n) is 1.63. The SMILES string of the molecule is Cc1ncsc1C(=O)O.Nc1ccccn1. The van der Waals surface area contributed by atoms with Gasteiger partial charge in [0.25, 0.3) is 0 Å². The maximum absolute atomic E-state index is 10.3. The molecule has 0 bridgehead atoms. The topological polar surface area (TPSA) is 89.1 Å². The highest BCUT2D eigenvalue weighted by atomic mass is 32.1. The van der Waals surface area contributed by atoms with Crippen LogP contribution in [0, 0.1) is 6.92 Å². The van der Waals surface area contributed by atoms with Crippen LogP contribution in [0.4, 0.5) is 5.82 Å². The number of hydrogen-bond acceptors (Lipinski definition) is 5. The maximum Gasteiger partial charge on any atom is 0.347 e. The van der Waals surface area contributed by atoms with E-state index >= 15 is 0 Å². The largest absolute Gasteiger partial charge is 0.477 e. The van der Waals surface area contributed by atoms with Gasteiger partial charge in [0.15, 0.2) is 0 Å². The number of anilines is 1. The molecule has 2 aromatic heterocycles. The number of carbonyl (C=O) groups is 1. The zero-order valence-corrected chi connectivity index (χ0v) is 9.44. The second-order valence-corrected chi connectivity index (χ2v) is 3.68. The molecule has 5 nitrogen and oxygen atoms in total. The molecule has 0 aliphatic heterocycles. The summed E-state index contributed by atoms with van der Waals surface area (Å²) in [6.07, 6.45) is 1.66. The number of nitrogens with two attached hydrogens (primary N) is 1. The molecule has 2 aromatic rings. The number of pyridine rings is 1. The van der Waals surface area contributed by atoms with Crippen LogP contribution in [-0.4, -0.2) is 21.0 Å². The first-order valence-electron chi connectivity index (χ1n) is 4.41. The molecule has 0 atom stereocenters. The summed E-state index contributed by atoms with van der Waals surface area (Å²) in [7, 11) is 0. The van der Waals surface area contributed by atoms with Gasteiger partial charge in [0.1, 0.15) is 10.7 Å². The standard InChI is InChI=1S/C5H6N2.C5H5NO2S/c6-5-3-1-2-4-7-5;1-3-4(5(7)8)9-2-6-3/h1-4H,(H2,6,7);2H,1H3,(H,7,8). The zero-order chi connectivity index (χ0) is 12.0. The average molecular weight is 237 g/mol. The number of carboxylic acid groups (broad SMARTS) is 1. The molecule has 0 aromatic carbocycles. The number of hydrogen-bond donors (Lipinski definition) is 2. The molecule has 0 amide bonds. The Morgan fingerprint density at radius 3 is 2.44 bits per heavy atom. The van der Waals surface area contributed by atoms with Crippen molar-refractivity contribution in [3.8, 4) is 0 Å². The first-order chi connectivity index (χ1) is 7.61. The van der Waals surface area contributed by atoms with Gasteiger partial charge in [-0.2, -0.15) is 0 Å². The Hall–Kier alpha value is -1.95. The van der Waals surface area contributed by atoms with E-state index in [0.717, 1.165) is 11.3 Å². The average Bonchev–Trinajstić information content (AvgIpc) is 2.66. The fraction of sp³-hybridized carbons (Fsp3) is 0.100. The molecule has 84 valence electrons. The Kier molecular flexibility index (Phi) is 4.41. The summed E-state index contributed by atoms with van der Waals surface area (Å²) < 4.78 is 0. The molecular weight excluding hydrogens is 226 g/mol. The van der Waals surface area contributed by atoms with Crippen LogP contribution in [0.2, 0.25) is 0 Å². The van der Waals surface area contributed by atoms with E-state index in [2.05, 4.69) is 9.97 Å². The Morgan fingerprint density at radius 2 is 2.19 bits per heavy atom. The summed E-state index contributed by atoms with van der Waals surface area (Å²) in [5, 5.41) is 8.42. The molecule has 2 rings (SSSR count). The Labute approximate surface area is 96.6 Å². The quantitative estimate of drug-likeness (QED) is 0.789. The molecule has 2 heterocycles. The summed E-state index contributed by atoms with van der Waals surface area (Å²) in [6, 6.07) is 5.43. The summed E-state index contributed by atoms with van der Waals surface area (Å²) >= 11 is 1.15. The second-order valence-electron chi connectivity index (χ2n) is 2.83. The molecule has 0 fully saturated rings. The molecule has 0 saturated heterocycles. The van der Waals surface area contributed by atoms with Crippen LogP contribution in [-0.2, 0) is 0 Å².